The zero-order valence-electron chi connectivity index (χ0n) is 16.7. The molecule has 1 unspecified atom stereocenters. The smallest absolute Gasteiger partial charge is 0.325 e. The van der Waals surface area contributed by atoms with E-state index in [1.54, 1.807) is 12.4 Å². The number of aromatic amines is 2. The van der Waals surface area contributed by atoms with Gasteiger partial charge in [-0.2, -0.15) is 5.26 Å². The van der Waals surface area contributed by atoms with Gasteiger partial charge in [0.05, 0.1) is 22.3 Å². The fourth-order valence-electron chi connectivity index (χ4n) is 3.73. The third-order valence-electron chi connectivity index (χ3n) is 5.35. The summed E-state index contributed by atoms with van der Waals surface area (Å²) < 4.78 is 0. The highest BCUT2D eigenvalue weighted by atomic mass is 16.1. The van der Waals surface area contributed by atoms with Crippen molar-refractivity contribution in [3.05, 3.63) is 88.6 Å². The van der Waals surface area contributed by atoms with E-state index in [2.05, 4.69) is 50.4 Å². The molecule has 5 aromatic rings. The van der Waals surface area contributed by atoms with E-state index in [1.165, 1.54) is 0 Å². The fourth-order valence-corrected chi connectivity index (χ4v) is 3.73. The van der Waals surface area contributed by atoms with Crippen molar-refractivity contribution in [2.24, 2.45) is 0 Å². The summed E-state index contributed by atoms with van der Waals surface area (Å²) in [6, 6.07) is 20.1. The topological polar surface area (TPSA) is 110 Å². The number of imidazole rings is 1. The molecule has 0 aliphatic rings. The van der Waals surface area contributed by atoms with E-state index >= 15 is 0 Å². The van der Waals surface area contributed by atoms with E-state index in [-0.39, 0.29) is 11.7 Å². The van der Waals surface area contributed by atoms with Gasteiger partial charge in [-0.25, -0.2) is 9.78 Å². The maximum Gasteiger partial charge on any atom is 0.325 e. The van der Waals surface area contributed by atoms with Crippen LogP contribution in [-0.2, 0) is 0 Å². The van der Waals surface area contributed by atoms with E-state index in [0.29, 0.717) is 16.7 Å². The summed E-state index contributed by atoms with van der Waals surface area (Å²) in [7, 11) is 0. The van der Waals surface area contributed by atoms with Crippen molar-refractivity contribution in [3.8, 4) is 17.2 Å². The van der Waals surface area contributed by atoms with Gasteiger partial charge >= 0.3 is 5.69 Å². The number of fused-ring (bicyclic) bond motifs is 2. The van der Waals surface area contributed by atoms with Crippen LogP contribution >= 0.6 is 0 Å². The lowest BCUT2D eigenvalue weighted by atomic mass is 10.0. The molecule has 0 saturated carbocycles. The molecule has 3 aromatic heterocycles. The number of hydrogen-bond donors (Lipinski definition) is 3. The van der Waals surface area contributed by atoms with E-state index in [1.807, 2.05) is 42.5 Å². The summed E-state index contributed by atoms with van der Waals surface area (Å²) in [5.74, 6) is 0. The molecule has 0 fully saturated rings. The highest BCUT2D eigenvalue weighted by molar-refractivity contribution is 5.97. The van der Waals surface area contributed by atoms with Crippen molar-refractivity contribution in [2.45, 2.75) is 13.0 Å². The molecule has 0 bridgehead atoms. The number of hydrogen-bond acceptors (Lipinski definition) is 5. The first-order valence-electron chi connectivity index (χ1n) is 9.85. The zero-order chi connectivity index (χ0) is 21.4. The van der Waals surface area contributed by atoms with Crippen molar-refractivity contribution in [1.82, 2.24) is 19.9 Å². The average Bonchev–Trinajstić information content (AvgIpc) is 3.18. The lowest BCUT2D eigenvalue weighted by Gasteiger charge is -2.18. The predicted molar refractivity (Wildman–Crippen MR) is 121 cm³/mol. The van der Waals surface area contributed by atoms with Crippen LogP contribution in [-0.4, -0.2) is 19.9 Å². The van der Waals surface area contributed by atoms with Gasteiger partial charge in [0.15, 0.2) is 5.65 Å². The molecule has 0 saturated heterocycles. The Kier molecular flexibility index (Phi) is 4.45. The van der Waals surface area contributed by atoms with Crippen LogP contribution in [0.2, 0.25) is 0 Å². The molecule has 31 heavy (non-hydrogen) atoms. The molecular formula is C24H18N6O. The van der Waals surface area contributed by atoms with E-state index in [4.69, 9.17) is 0 Å². The highest BCUT2D eigenvalue weighted by Gasteiger charge is 2.14. The second-order valence-corrected chi connectivity index (χ2v) is 7.37. The number of rotatable bonds is 4. The number of H-pyrrole nitrogens is 2. The SMILES string of the molecule is CC(Nc1c(C#N)cnc2ccc(-c3cnc4[nH]c(=O)[nH]c4c3)cc12)c1ccccc1. The Morgan fingerprint density at radius 1 is 1.00 bits per heavy atom. The molecule has 3 heterocycles. The van der Waals surface area contributed by atoms with Crippen molar-refractivity contribution >= 4 is 27.8 Å². The van der Waals surface area contributed by atoms with Crippen LogP contribution in [0.1, 0.15) is 24.1 Å². The average molecular weight is 406 g/mol. The zero-order valence-corrected chi connectivity index (χ0v) is 16.7. The Labute approximate surface area is 177 Å². The number of pyridine rings is 2. The van der Waals surface area contributed by atoms with Crippen LogP contribution in [0.5, 0.6) is 0 Å². The Balaban J connectivity index is 1.63. The molecule has 0 amide bonds. The van der Waals surface area contributed by atoms with Crippen LogP contribution in [0.15, 0.2) is 71.8 Å². The lowest BCUT2D eigenvalue weighted by molar-refractivity contribution is 0.885. The number of anilines is 1. The molecule has 0 spiro atoms. The third-order valence-corrected chi connectivity index (χ3v) is 5.35. The van der Waals surface area contributed by atoms with Crippen LogP contribution in [0.4, 0.5) is 5.69 Å². The molecule has 0 radical (unpaired) electrons. The summed E-state index contributed by atoms with van der Waals surface area (Å²) in [4.78, 5) is 25.7. The lowest BCUT2D eigenvalue weighted by Crippen LogP contribution is -2.08. The van der Waals surface area contributed by atoms with Crippen molar-refractivity contribution in [3.63, 3.8) is 0 Å². The van der Waals surface area contributed by atoms with Gasteiger partial charge < -0.3 is 10.3 Å². The minimum atomic E-state index is -0.289. The first kappa shape index (κ1) is 18.6. The van der Waals surface area contributed by atoms with Gasteiger partial charge in [-0.15, -0.1) is 0 Å². The maximum atomic E-state index is 11.5. The first-order valence-corrected chi connectivity index (χ1v) is 9.85. The molecule has 7 heteroatoms. The summed E-state index contributed by atoms with van der Waals surface area (Å²) in [5, 5.41) is 14.0. The van der Waals surface area contributed by atoms with E-state index < -0.39 is 0 Å². The number of aromatic nitrogens is 4. The Bertz CT molecular complexity index is 1510. The standard InChI is InChI=1S/C24H18N6O/c1-14(15-5-3-2-4-6-15)28-22-18(11-25)13-26-20-8-7-16(9-19(20)22)17-10-21-23(27-12-17)30-24(31)29-21/h2-10,12-14H,1H3,(H,26,28)(H2,27,29,30,31). The summed E-state index contributed by atoms with van der Waals surface area (Å²) in [6.45, 7) is 2.06. The molecule has 7 nitrogen and oxygen atoms in total. The van der Waals surface area contributed by atoms with Crippen LogP contribution in [0.3, 0.4) is 0 Å². The second-order valence-electron chi connectivity index (χ2n) is 7.37. The molecular weight excluding hydrogens is 388 g/mol. The molecule has 150 valence electrons. The number of benzene rings is 2. The Morgan fingerprint density at radius 3 is 2.65 bits per heavy atom. The van der Waals surface area contributed by atoms with Gasteiger partial charge in [0.2, 0.25) is 0 Å². The summed E-state index contributed by atoms with van der Waals surface area (Å²) in [6.07, 6.45) is 3.31. The van der Waals surface area contributed by atoms with E-state index in [9.17, 15) is 10.1 Å². The molecule has 2 aromatic carbocycles. The van der Waals surface area contributed by atoms with Gasteiger partial charge in [-0.3, -0.25) is 9.97 Å². The van der Waals surface area contributed by atoms with Crippen molar-refractivity contribution < 1.29 is 0 Å². The fraction of sp³-hybridized carbons (Fsp3) is 0.0833. The third kappa shape index (κ3) is 3.40. The first-order chi connectivity index (χ1) is 15.1. The van der Waals surface area contributed by atoms with Crippen molar-refractivity contribution in [2.75, 3.05) is 5.32 Å². The Morgan fingerprint density at radius 2 is 1.84 bits per heavy atom. The van der Waals surface area contributed by atoms with Gasteiger partial charge in [0.25, 0.3) is 0 Å². The summed E-state index contributed by atoms with van der Waals surface area (Å²) >= 11 is 0. The Hall–Kier alpha value is -4.44. The van der Waals surface area contributed by atoms with Crippen LogP contribution in [0, 0.1) is 11.3 Å². The number of nitriles is 1. The highest BCUT2D eigenvalue weighted by Crippen LogP contribution is 2.32. The molecule has 3 N–H and O–H groups in total. The van der Waals surface area contributed by atoms with E-state index in [0.717, 1.165) is 33.3 Å². The second kappa shape index (κ2) is 7.43. The minimum Gasteiger partial charge on any atom is -0.377 e. The largest absolute Gasteiger partial charge is 0.377 e. The minimum absolute atomic E-state index is 0.00510. The molecule has 5 rings (SSSR count). The van der Waals surface area contributed by atoms with Gasteiger partial charge in [-0.05, 0) is 36.2 Å². The quantitative estimate of drug-likeness (QED) is 0.407. The molecule has 0 aliphatic heterocycles. The van der Waals surface area contributed by atoms with Crippen LogP contribution in [0.25, 0.3) is 33.2 Å². The maximum absolute atomic E-state index is 11.5. The number of nitrogens with one attached hydrogen (secondary N) is 3. The summed E-state index contributed by atoms with van der Waals surface area (Å²) in [5.41, 5.74) is 5.77. The van der Waals surface area contributed by atoms with Gasteiger partial charge in [-0.1, -0.05) is 36.4 Å². The number of nitrogens with zero attached hydrogens (tertiary/aromatic N) is 3. The predicted octanol–water partition coefficient (Wildman–Crippen LogP) is 4.51. The van der Waals surface area contributed by atoms with Crippen LogP contribution < -0.4 is 11.0 Å². The van der Waals surface area contributed by atoms with Gasteiger partial charge in [0.1, 0.15) is 6.07 Å². The monoisotopic (exact) mass is 406 g/mol. The van der Waals surface area contributed by atoms with Crippen molar-refractivity contribution in [1.29, 1.82) is 5.26 Å². The molecule has 0 aliphatic carbocycles. The van der Waals surface area contributed by atoms with Gasteiger partial charge in [0, 0.05) is 29.4 Å². The molecule has 1 atom stereocenters. The normalized spacial score (nSPS) is 12.0.